The minimum absolute atomic E-state index is 0.123. The van der Waals surface area contributed by atoms with Crippen LogP contribution in [0.1, 0.15) is 16.7 Å². The number of rotatable bonds is 6. The number of nitrogens with zero attached hydrogens (tertiary/aromatic N) is 3. The maximum atomic E-state index is 13.9. The van der Waals surface area contributed by atoms with Crippen molar-refractivity contribution in [3.63, 3.8) is 0 Å². The van der Waals surface area contributed by atoms with Crippen LogP contribution in [0.2, 0.25) is 5.02 Å². The van der Waals surface area contributed by atoms with Crippen molar-refractivity contribution in [2.45, 2.75) is 19.9 Å². The SMILES string of the molecule is Cc1cncc(CC(=O)N(Cc2cc(F)cc(Cl)c2)c2ccc(-c3cnc[nH]3)cc2)c1. The number of nitrogens with one attached hydrogen (secondary N) is 1. The number of amides is 1. The van der Waals surface area contributed by atoms with Gasteiger partial charge in [-0.1, -0.05) is 29.8 Å². The number of pyridine rings is 1. The minimum Gasteiger partial charge on any atom is -0.345 e. The Labute approximate surface area is 184 Å². The van der Waals surface area contributed by atoms with E-state index in [4.69, 9.17) is 11.6 Å². The first-order valence-corrected chi connectivity index (χ1v) is 10.1. The molecule has 0 bridgehead atoms. The van der Waals surface area contributed by atoms with E-state index in [0.29, 0.717) is 16.3 Å². The number of H-pyrrole nitrogens is 1. The van der Waals surface area contributed by atoms with Crippen molar-refractivity contribution >= 4 is 23.2 Å². The van der Waals surface area contributed by atoms with E-state index < -0.39 is 5.82 Å². The van der Waals surface area contributed by atoms with Gasteiger partial charge in [0.1, 0.15) is 5.82 Å². The second kappa shape index (κ2) is 9.10. The predicted molar refractivity (Wildman–Crippen MR) is 119 cm³/mol. The summed E-state index contributed by atoms with van der Waals surface area (Å²) < 4.78 is 13.9. The Morgan fingerprint density at radius 2 is 1.84 bits per heavy atom. The summed E-state index contributed by atoms with van der Waals surface area (Å²) in [5, 5.41) is 0.292. The molecule has 0 saturated heterocycles. The van der Waals surface area contributed by atoms with Gasteiger partial charge in [-0.3, -0.25) is 9.78 Å². The van der Waals surface area contributed by atoms with E-state index in [-0.39, 0.29) is 18.9 Å². The van der Waals surface area contributed by atoms with Crippen LogP contribution < -0.4 is 4.90 Å². The molecule has 2 aromatic heterocycles. The van der Waals surface area contributed by atoms with Crippen molar-refractivity contribution in [2.24, 2.45) is 0 Å². The Balaban J connectivity index is 1.65. The van der Waals surface area contributed by atoms with Crippen molar-refractivity contribution in [1.82, 2.24) is 15.0 Å². The average molecular weight is 435 g/mol. The molecule has 0 radical (unpaired) electrons. The van der Waals surface area contributed by atoms with Gasteiger partial charge >= 0.3 is 0 Å². The summed E-state index contributed by atoms with van der Waals surface area (Å²) in [4.78, 5) is 26.2. The molecule has 0 aliphatic carbocycles. The molecule has 4 aromatic rings. The van der Waals surface area contributed by atoms with Gasteiger partial charge in [0.2, 0.25) is 5.91 Å². The van der Waals surface area contributed by atoms with Crippen molar-refractivity contribution in [1.29, 1.82) is 0 Å². The smallest absolute Gasteiger partial charge is 0.231 e. The second-order valence-electron chi connectivity index (χ2n) is 7.32. The van der Waals surface area contributed by atoms with Gasteiger partial charge in [-0.15, -0.1) is 0 Å². The molecular weight excluding hydrogens is 415 g/mol. The molecule has 2 aromatic carbocycles. The summed E-state index contributed by atoms with van der Waals surface area (Å²) in [6, 6.07) is 13.8. The number of aromatic amines is 1. The van der Waals surface area contributed by atoms with Gasteiger partial charge in [-0.25, -0.2) is 9.37 Å². The number of anilines is 1. The van der Waals surface area contributed by atoms with Crippen LogP contribution in [0.5, 0.6) is 0 Å². The molecule has 1 amide bonds. The van der Waals surface area contributed by atoms with E-state index in [1.165, 1.54) is 12.1 Å². The van der Waals surface area contributed by atoms with Crippen molar-refractivity contribution in [2.75, 3.05) is 4.90 Å². The lowest BCUT2D eigenvalue weighted by molar-refractivity contribution is -0.118. The summed E-state index contributed by atoms with van der Waals surface area (Å²) in [5.41, 5.74) is 4.95. The van der Waals surface area contributed by atoms with E-state index in [0.717, 1.165) is 22.4 Å². The van der Waals surface area contributed by atoms with E-state index in [1.807, 2.05) is 37.3 Å². The molecule has 1 N–H and O–H groups in total. The van der Waals surface area contributed by atoms with E-state index in [1.54, 1.807) is 35.9 Å². The molecule has 0 saturated carbocycles. The quantitative estimate of drug-likeness (QED) is 0.445. The van der Waals surface area contributed by atoms with E-state index in [2.05, 4.69) is 15.0 Å². The minimum atomic E-state index is -0.438. The molecule has 0 fully saturated rings. The summed E-state index contributed by atoms with van der Waals surface area (Å²) in [7, 11) is 0. The fraction of sp³-hybridized carbons (Fsp3) is 0.125. The highest BCUT2D eigenvalue weighted by Crippen LogP contribution is 2.25. The van der Waals surface area contributed by atoms with Crippen LogP contribution in [0.15, 0.2) is 73.4 Å². The highest BCUT2D eigenvalue weighted by molar-refractivity contribution is 6.30. The zero-order chi connectivity index (χ0) is 21.8. The van der Waals surface area contributed by atoms with Gasteiger partial charge in [-0.2, -0.15) is 0 Å². The molecule has 31 heavy (non-hydrogen) atoms. The molecule has 7 heteroatoms. The first-order valence-electron chi connectivity index (χ1n) is 9.72. The standard InChI is InChI=1S/C24H20ClFN4O/c1-16-6-17(12-27-11-16)9-24(31)30(14-18-7-20(25)10-21(26)8-18)22-4-2-19(3-5-22)23-13-28-15-29-23/h2-8,10-13,15H,9,14H2,1H3,(H,28,29). The van der Waals surface area contributed by atoms with E-state index >= 15 is 0 Å². The Bertz CT molecular complexity index is 1170. The molecule has 156 valence electrons. The molecule has 5 nitrogen and oxygen atoms in total. The zero-order valence-corrected chi connectivity index (χ0v) is 17.6. The summed E-state index contributed by atoms with van der Waals surface area (Å²) in [5.74, 6) is -0.561. The molecule has 0 aliphatic heterocycles. The summed E-state index contributed by atoms with van der Waals surface area (Å²) >= 11 is 6.02. The Morgan fingerprint density at radius 3 is 2.52 bits per heavy atom. The van der Waals surface area contributed by atoms with Crippen molar-refractivity contribution in [3.8, 4) is 11.3 Å². The van der Waals surface area contributed by atoms with Gasteiger partial charge in [0.15, 0.2) is 0 Å². The van der Waals surface area contributed by atoms with Crippen molar-refractivity contribution in [3.05, 3.63) is 101 Å². The number of aryl methyl sites for hydroxylation is 1. The normalized spacial score (nSPS) is 10.8. The maximum absolute atomic E-state index is 13.9. The third kappa shape index (κ3) is 5.16. The molecular formula is C24H20ClFN4O. The molecule has 4 rings (SSSR count). The monoisotopic (exact) mass is 434 g/mol. The first kappa shape index (κ1) is 20.8. The van der Waals surface area contributed by atoms with Gasteiger partial charge in [0.25, 0.3) is 0 Å². The number of halogens is 2. The van der Waals surface area contributed by atoms with Gasteiger partial charge in [0.05, 0.1) is 31.2 Å². The number of hydrogen-bond acceptors (Lipinski definition) is 3. The Hall–Kier alpha value is -3.51. The molecule has 0 aliphatic rings. The third-order valence-electron chi connectivity index (χ3n) is 4.84. The van der Waals surface area contributed by atoms with Crippen LogP contribution >= 0.6 is 11.6 Å². The van der Waals surface area contributed by atoms with Gasteiger partial charge < -0.3 is 9.88 Å². The first-order chi connectivity index (χ1) is 15.0. The third-order valence-corrected chi connectivity index (χ3v) is 5.06. The largest absolute Gasteiger partial charge is 0.345 e. The number of imidazole rings is 1. The average Bonchev–Trinajstić information content (AvgIpc) is 3.26. The number of carbonyl (C=O) groups is 1. The van der Waals surface area contributed by atoms with Crippen LogP contribution in [0.4, 0.5) is 10.1 Å². The number of aromatic nitrogens is 3. The highest BCUT2D eigenvalue weighted by Gasteiger charge is 2.18. The molecule has 0 spiro atoms. The summed E-state index contributed by atoms with van der Waals surface area (Å²) in [6.45, 7) is 2.13. The lowest BCUT2D eigenvalue weighted by atomic mass is 10.1. The zero-order valence-electron chi connectivity index (χ0n) is 16.8. The lowest BCUT2D eigenvalue weighted by Gasteiger charge is -2.24. The predicted octanol–water partition coefficient (Wildman–Crippen LogP) is 5.35. The van der Waals surface area contributed by atoms with Crippen LogP contribution in [0.3, 0.4) is 0 Å². The topological polar surface area (TPSA) is 61.9 Å². The summed E-state index contributed by atoms with van der Waals surface area (Å²) in [6.07, 6.45) is 6.96. The number of carbonyl (C=O) groups excluding carboxylic acids is 1. The fourth-order valence-corrected chi connectivity index (χ4v) is 3.67. The van der Waals surface area contributed by atoms with Crippen LogP contribution in [0, 0.1) is 12.7 Å². The van der Waals surface area contributed by atoms with Crippen LogP contribution in [0.25, 0.3) is 11.3 Å². The lowest BCUT2D eigenvalue weighted by Crippen LogP contribution is -2.31. The van der Waals surface area contributed by atoms with Gasteiger partial charge in [0, 0.05) is 23.1 Å². The molecule has 0 unspecified atom stereocenters. The van der Waals surface area contributed by atoms with Crippen molar-refractivity contribution < 1.29 is 9.18 Å². The Morgan fingerprint density at radius 1 is 1.03 bits per heavy atom. The fourth-order valence-electron chi connectivity index (χ4n) is 3.43. The van der Waals surface area contributed by atoms with Crippen LogP contribution in [-0.4, -0.2) is 20.9 Å². The van der Waals surface area contributed by atoms with Gasteiger partial charge in [-0.05, 0) is 59.5 Å². The van der Waals surface area contributed by atoms with E-state index in [9.17, 15) is 9.18 Å². The second-order valence-corrected chi connectivity index (χ2v) is 7.75. The Kier molecular flexibility index (Phi) is 6.09. The molecule has 0 atom stereocenters. The maximum Gasteiger partial charge on any atom is 0.231 e. The van der Waals surface area contributed by atoms with Crippen LogP contribution in [-0.2, 0) is 17.8 Å². The number of hydrogen-bond donors (Lipinski definition) is 1. The molecule has 2 heterocycles. The number of benzene rings is 2. The highest BCUT2D eigenvalue weighted by atomic mass is 35.5.